The molecule has 24 heavy (non-hydrogen) atoms. The second-order valence-corrected chi connectivity index (χ2v) is 8.26. The first kappa shape index (κ1) is 16.6. The fraction of sp³-hybridized carbons (Fsp3) is 0.438. The molecule has 1 aromatic carbocycles. The van der Waals surface area contributed by atoms with Crippen molar-refractivity contribution in [1.29, 1.82) is 0 Å². The van der Waals surface area contributed by atoms with E-state index in [1.807, 2.05) is 6.07 Å². The fourth-order valence-electron chi connectivity index (χ4n) is 2.61. The van der Waals surface area contributed by atoms with Crippen molar-refractivity contribution in [3.8, 4) is 0 Å². The summed E-state index contributed by atoms with van der Waals surface area (Å²) in [5.74, 6) is 0.450. The Hall–Kier alpha value is -2.22. The summed E-state index contributed by atoms with van der Waals surface area (Å²) >= 11 is 0. The molecule has 0 saturated heterocycles. The molecule has 0 spiro atoms. The average molecular weight is 348 g/mol. The fourth-order valence-corrected chi connectivity index (χ4v) is 3.98. The van der Waals surface area contributed by atoms with Crippen LogP contribution in [0.1, 0.15) is 31.5 Å². The Labute approximate surface area is 141 Å². The number of carbonyl (C=O) groups excluding carboxylic acids is 1. The van der Waals surface area contributed by atoms with Gasteiger partial charge >= 0.3 is 0 Å². The van der Waals surface area contributed by atoms with Crippen LogP contribution in [-0.4, -0.2) is 41.4 Å². The predicted octanol–water partition coefficient (Wildman–Crippen LogP) is 1.52. The highest BCUT2D eigenvalue weighted by molar-refractivity contribution is 7.92. The highest BCUT2D eigenvalue weighted by atomic mass is 32.2. The van der Waals surface area contributed by atoms with Crippen molar-refractivity contribution >= 4 is 21.4 Å². The maximum Gasteiger partial charge on any atom is 0.250 e. The van der Waals surface area contributed by atoms with Crippen molar-refractivity contribution in [2.75, 3.05) is 11.9 Å². The Morgan fingerprint density at radius 3 is 2.46 bits per heavy atom. The van der Waals surface area contributed by atoms with Crippen molar-refractivity contribution in [1.82, 2.24) is 14.8 Å². The van der Waals surface area contributed by atoms with Gasteiger partial charge in [0.1, 0.15) is 11.1 Å². The van der Waals surface area contributed by atoms with E-state index in [2.05, 4.69) is 10.2 Å². The monoisotopic (exact) mass is 348 g/mol. The molecule has 3 rings (SSSR count). The van der Waals surface area contributed by atoms with Crippen LogP contribution < -0.4 is 4.90 Å². The highest BCUT2D eigenvalue weighted by Crippen LogP contribution is 2.39. The molecule has 1 amide bonds. The summed E-state index contributed by atoms with van der Waals surface area (Å²) < 4.78 is 27.1. The number of sulfone groups is 1. The zero-order valence-corrected chi connectivity index (χ0v) is 14.7. The van der Waals surface area contributed by atoms with Gasteiger partial charge in [-0.25, -0.2) is 8.42 Å². The molecule has 1 fully saturated rings. The Kier molecular flexibility index (Phi) is 4.16. The quantitative estimate of drug-likeness (QED) is 0.818. The Morgan fingerprint density at radius 2 is 1.88 bits per heavy atom. The first-order valence-corrected chi connectivity index (χ1v) is 9.34. The van der Waals surface area contributed by atoms with E-state index in [1.54, 1.807) is 38.4 Å². The summed E-state index contributed by atoms with van der Waals surface area (Å²) in [5, 5.41) is 6.45. The van der Waals surface area contributed by atoms with E-state index in [0.717, 1.165) is 12.8 Å². The Morgan fingerprint density at radius 1 is 1.25 bits per heavy atom. The van der Waals surface area contributed by atoms with E-state index >= 15 is 0 Å². The van der Waals surface area contributed by atoms with Crippen LogP contribution in [0.5, 0.6) is 0 Å². The Balaban J connectivity index is 1.87. The molecular weight excluding hydrogens is 328 g/mol. The van der Waals surface area contributed by atoms with Crippen LogP contribution in [0.2, 0.25) is 0 Å². The molecule has 2 aromatic rings. The summed E-state index contributed by atoms with van der Waals surface area (Å²) in [4.78, 5) is 14.0. The predicted molar refractivity (Wildman–Crippen MR) is 89.5 cm³/mol. The minimum Gasteiger partial charge on any atom is -0.314 e. The third-order valence-corrected chi connectivity index (χ3v) is 6.35. The van der Waals surface area contributed by atoms with Crippen LogP contribution in [0.3, 0.4) is 0 Å². The van der Waals surface area contributed by atoms with Crippen LogP contribution in [0.4, 0.5) is 5.69 Å². The molecule has 0 aliphatic heterocycles. The third-order valence-electron chi connectivity index (χ3n) is 4.35. The van der Waals surface area contributed by atoms with Gasteiger partial charge in [0.25, 0.3) is 0 Å². The number of amides is 1. The van der Waals surface area contributed by atoms with Gasteiger partial charge in [0.2, 0.25) is 20.9 Å². The van der Waals surface area contributed by atoms with Gasteiger partial charge in [0.15, 0.2) is 0 Å². The van der Waals surface area contributed by atoms with Gasteiger partial charge in [0.05, 0.1) is 0 Å². The lowest BCUT2D eigenvalue weighted by Gasteiger charge is -2.21. The summed E-state index contributed by atoms with van der Waals surface area (Å²) in [5.41, 5.74) is 0.640. The summed E-state index contributed by atoms with van der Waals surface area (Å²) in [6.45, 7) is 1.39. The molecule has 1 aliphatic rings. The van der Waals surface area contributed by atoms with Gasteiger partial charge in [-0.1, -0.05) is 18.2 Å². The third kappa shape index (κ3) is 2.82. The maximum atomic E-state index is 12.8. The molecule has 7 nitrogen and oxygen atoms in total. The molecule has 1 aliphatic carbocycles. The SMILES string of the molecule is C[C@@H](C(=O)N(C)c1ccccc1)S(=O)(=O)c1nnc(C2CC2)n1C. The maximum absolute atomic E-state index is 12.8. The van der Waals surface area contributed by atoms with E-state index in [1.165, 1.54) is 16.4 Å². The summed E-state index contributed by atoms with van der Waals surface area (Å²) in [6, 6.07) is 8.93. The number of nitrogens with zero attached hydrogens (tertiary/aromatic N) is 4. The first-order valence-electron chi connectivity index (χ1n) is 7.80. The molecule has 0 bridgehead atoms. The smallest absolute Gasteiger partial charge is 0.250 e. The number of carbonyl (C=O) groups is 1. The first-order chi connectivity index (χ1) is 11.3. The van der Waals surface area contributed by atoms with Crippen molar-refractivity contribution in [3.63, 3.8) is 0 Å². The number of para-hydroxylation sites is 1. The number of aromatic nitrogens is 3. The lowest BCUT2D eigenvalue weighted by Crippen LogP contribution is -2.40. The van der Waals surface area contributed by atoms with Gasteiger partial charge in [0, 0.05) is 25.7 Å². The zero-order chi connectivity index (χ0) is 17.5. The van der Waals surface area contributed by atoms with Crippen molar-refractivity contribution in [3.05, 3.63) is 36.2 Å². The zero-order valence-electron chi connectivity index (χ0n) is 13.9. The number of anilines is 1. The largest absolute Gasteiger partial charge is 0.314 e. The van der Waals surface area contributed by atoms with Crippen LogP contribution in [0, 0.1) is 0 Å². The van der Waals surface area contributed by atoms with E-state index in [4.69, 9.17) is 0 Å². The molecular formula is C16H20N4O3S. The molecule has 0 unspecified atom stereocenters. The molecule has 0 N–H and O–H groups in total. The molecule has 1 aromatic heterocycles. The molecule has 0 radical (unpaired) electrons. The molecule has 128 valence electrons. The average Bonchev–Trinajstić information content (AvgIpc) is 3.35. The lowest BCUT2D eigenvalue weighted by atomic mass is 10.3. The summed E-state index contributed by atoms with van der Waals surface area (Å²) in [7, 11) is -0.706. The van der Waals surface area contributed by atoms with Gasteiger partial charge in [-0.15, -0.1) is 10.2 Å². The van der Waals surface area contributed by atoms with E-state index in [-0.39, 0.29) is 11.1 Å². The second kappa shape index (κ2) is 6.01. The minimum atomic E-state index is -3.91. The number of hydrogen-bond donors (Lipinski definition) is 0. The van der Waals surface area contributed by atoms with Crippen LogP contribution in [-0.2, 0) is 21.7 Å². The molecule has 1 atom stereocenters. The van der Waals surface area contributed by atoms with E-state index in [9.17, 15) is 13.2 Å². The highest BCUT2D eigenvalue weighted by Gasteiger charge is 2.38. The standard InChI is InChI=1S/C16H20N4O3S/c1-11(15(21)19(2)13-7-5-4-6-8-13)24(22,23)16-18-17-14(20(16)3)12-9-10-12/h4-8,11-12H,9-10H2,1-3H3/t11-/m0/s1. The lowest BCUT2D eigenvalue weighted by molar-refractivity contribution is -0.117. The van der Waals surface area contributed by atoms with Crippen molar-refractivity contribution in [2.45, 2.75) is 36.1 Å². The van der Waals surface area contributed by atoms with Crippen molar-refractivity contribution < 1.29 is 13.2 Å². The molecule has 1 saturated carbocycles. The van der Waals surface area contributed by atoms with E-state index < -0.39 is 21.0 Å². The normalized spacial score (nSPS) is 16.0. The van der Waals surface area contributed by atoms with Gasteiger partial charge in [-0.2, -0.15) is 0 Å². The topological polar surface area (TPSA) is 85.2 Å². The van der Waals surface area contributed by atoms with Crippen LogP contribution in [0.25, 0.3) is 0 Å². The molecule has 8 heteroatoms. The number of benzene rings is 1. The van der Waals surface area contributed by atoms with E-state index in [0.29, 0.717) is 11.5 Å². The van der Waals surface area contributed by atoms with Gasteiger partial charge in [-0.05, 0) is 31.9 Å². The summed E-state index contributed by atoms with van der Waals surface area (Å²) in [6.07, 6.45) is 1.99. The Bertz CT molecular complexity index is 857. The van der Waals surface area contributed by atoms with Gasteiger partial charge in [-0.3, -0.25) is 4.79 Å². The van der Waals surface area contributed by atoms with Crippen LogP contribution >= 0.6 is 0 Å². The molecule has 1 heterocycles. The van der Waals surface area contributed by atoms with Gasteiger partial charge < -0.3 is 9.47 Å². The number of hydrogen-bond acceptors (Lipinski definition) is 5. The second-order valence-electron chi connectivity index (χ2n) is 6.09. The number of rotatable bonds is 5. The van der Waals surface area contributed by atoms with Crippen LogP contribution in [0.15, 0.2) is 35.5 Å². The van der Waals surface area contributed by atoms with Crippen molar-refractivity contribution in [2.24, 2.45) is 7.05 Å². The minimum absolute atomic E-state index is 0.147.